The molecule has 0 spiro atoms. The quantitative estimate of drug-likeness (QED) is 0.811. The molecule has 0 saturated carbocycles. The van der Waals surface area contributed by atoms with Crippen LogP contribution in [0.2, 0.25) is 5.02 Å². The van der Waals surface area contributed by atoms with Crippen molar-refractivity contribution in [1.29, 1.82) is 0 Å². The largest absolute Gasteiger partial charge is 0.494 e. The smallest absolute Gasteiger partial charge is 0.480 e. The molecular formula is C15H19BClNO5. The summed E-state index contributed by atoms with van der Waals surface area (Å²) >= 11 is 6.14. The zero-order valence-electron chi connectivity index (χ0n) is 13.5. The van der Waals surface area contributed by atoms with E-state index in [4.69, 9.17) is 26.0 Å². The molecule has 0 radical (unpaired) electrons. The monoisotopic (exact) mass is 339 g/mol. The molecule has 124 valence electrons. The second-order valence-electron chi connectivity index (χ2n) is 6.40. The van der Waals surface area contributed by atoms with Crippen LogP contribution >= 0.6 is 11.6 Å². The second kappa shape index (κ2) is 6.15. The molecule has 0 atom stereocenters. The number of nitrogens with one attached hydrogen (secondary N) is 1. The lowest BCUT2D eigenvalue weighted by Gasteiger charge is -2.32. The molecule has 0 aliphatic carbocycles. The van der Waals surface area contributed by atoms with Gasteiger partial charge >= 0.3 is 13.1 Å². The highest BCUT2D eigenvalue weighted by Crippen LogP contribution is 2.36. The summed E-state index contributed by atoms with van der Waals surface area (Å²) in [7, 11) is -0.575. The fourth-order valence-corrected chi connectivity index (χ4v) is 2.37. The highest BCUT2D eigenvalue weighted by Gasteiger charge is 2.51. The van der Waals surface area contributed by atoms with Gasteiger partial charge < -0.3 is 19.7 Å². The molecule has 0 aromatic heterocycles. The van der Waals surface area contributed by atoms with Crippen molar-refractivity contribution < 1.29 is 24.0 Å². The van der Waals surface area contributed by atoms with Crippen LogP contribution in [0.15, 0.2) is 18.2 Å². The highest BCUT2D eigenvalue weighted by atomic mass is 35.5. The van der Waals surface area contributed by atoms with E-state index >= 15 is 0 Å². The zero-order valence-corrected chi connectivity index (χ0v) is 14.2. The summed E-state index contributed by atoms with van der Waals surface area (Å²) in [4.78, 5) is 22.4. The van der Waals surface area contributed by atoms with Gasteiger partial charge in [0, 0.05) is 0 Å². The summed E-state index contributed by atoms with van der Waals surface area (Å²) in [5.41, 5.74) is -0.0415. The van der Waals surface area contributed by atoms with Crippen molar-refractivity contribution in [2.24, 2.45) is 0 Å². The third-order valence-corrected chi connectivity index (χ3v) is 4.48. The van der Waals surface area contributed by atoms with Crippen LogP contribution in [0.4, 0.5) is 0 Å². The number of amides is 1. The first kappa shape index (κ1) is 17.8. The van der Waals surface area contributed by atoms with Gasteiger partial charge in [0.15, 0.2) is 0 Å². The molecule has 1 aliphatic rings. The molecule has 0 unspecified atom stereocenters. The lowest BCUT2D eigenvalue weighted by molar-refractivity contribution is -0.135. The standard InChI is InChI=1S/C15H19BClNO5/c1-14(2)15(3,4)23-16(22-14)9-5-6-10(11(17)7-9)13(21)18-8-12(19)20/h5-7H,8H2,1-4H3,(H,18,21)(H,19,20). The minimum absolute atomic E-state index is 0.202. The summed E-state index contributed by atoms with van der Waals surface area (Å²) < 4.78 is 11.9. The van der Waals surface area contributed by atoms with E-state index in [1.807, 2.05) is 27.7 Å². The van der Waals surface area contributed by atoms with Crippen LogP contribution in [0, 0.1) is 0 Å². The minimum atomic E-state index is -1.12. The lowest BCUT2D eigenvalue weighted by Crippen LogP contribution is -2.41. The molecule has 1 heterocycles. The molecule has 2 rings (SSSR count). The summed E-state index contributed by atoms with van der Waals surface area (Å²) in [6.45, 7) is 7.32. The highest BCUT2D eigenvalue weighted by molar-refractivity contribution is 6.62. The second-order valence-corrected chi connectivity index (χ2v) is 6.81. The van der Waals surface area contributed by atoms with E-state index < -0.39 is 36.7 Å². The van der Waals surface area contributed by atoms with Gasteiger partial charge in [0.1, 0.15) is 6.54 Å². The van der Waals surface area contributed by atoms with Gasteiger partial charge in [0.2, 0.25) is 0 Å². The molecule has 8 heteroatoms. The first-order chi connectivity index (χ1) is 10.5. The normalized spacial score (nSPS) is 18.7. The Kier molecular flexibility index (Phi) is 4.75. The Hall–Kier alpha value is -1.57. The van der Waals surface area contributed by atoms with Gasteiger partial charge in [-0.25, -0.2) is 0 Å². The van der Waals surface area contributed by atoms with Gasteiger partial charge in [0.25, 0.3) is 5.91 Å². The van der Waals surface area contributed by atoms with Gasteiger partial charge in [-0.05, 0) is 45.3 Å². The number of halogens is 1. The molecular weight excluding hydrogens is 320 g/mol. The van der Waals surface area contributed by atoms with Gasteiger partial charge in [-0.1, -0.05) is 17.7 Å². The van der Waals surface area contributed by atoms with E-state index in [0.717, 1.165) is 0 Å². The number of hydrogen-bond acceptors (Lipinski definition) is 4. The third-order valence-electron chi connectivity index (χ3n) is 4.16. The maximum Gasteiger partial charge on any atom is 0.494 e. The molecule has 2 N–H and O–H groups in total. The number of carboxylic acids is 1. The lowest BCUT2D eigenvalue weighted by atomic mass is 9.79. The Morgan fingerprint density at radius 3 is 2.26 bits per heavy atom. The van der Waals surface area contributed by atoms with Gasteiger partial charge in [-0.3, -0.25) is 9.59 Å². The fraction of sp³-hybridized carbons (Fsp3) is 0.467. The predicted molar refractivity (Wildman–Crippen MR) is 87.1 cm³/mol. The number of carbonyl (C=O) groups is 2. The molecule has 1 aliphatic heterocycles. The molecule has 1 aromatic carbocycles. The molecule has 1 fully saturated rings. The first-order valence-corrected chi connectivity index (χ1v) is 7.56. The van der Waals surface area contributed by atoms with Crippen LogP contribution in [-0.2, 0) is 14.1 Å². The third kappa shape index (κ3) is 3.68. The Labute approximate surface area is 140 Å². The van der Waals surface area contributed by atoms with Gasteiger partial charge in [-0.15, -0.1) is 0 Å². The van der Waals surface area contributed by atoms with Gasteiger partial charge in [-0.2, -0.15) is 0 Å². The van der Waals surface area contributed by atoms with Crippen LogP contribution in [-0.4, -0.2) is 41.8 Å². The fourth-order valence-electron chi connectivity index (χ4n) is 2.09. The van der Waals surface area contributed by atoms with Crippen LogP contribution in [0.3, 0.4) is 0 Å². The van der Waals surface area contributed by atoms with E-state index in [9.17, 15) is 9.59 Å². The number of benzene rings is 1. The maximum absolute atomic E-state index is 11.9. The summed E-state index contributed by atoms with van der Waals surface area (Å²) in [6, 6.07) is 4.81. The van der Waals surface area contributed by atoms with Crippen molar-refractivity contribution in [3.05, 3.63) is 28.8 Å². The Morgan fingerprint density at radius 1 is 1.22 bits per heavy atom. The van der Waals surface area contributed by atoms with Crippen LogP contribution in [0.5, 0.6) is 0 Å². The summed E-state index contributed by atoms with van der Waals surface area (Å²) in [5, 5.41) is 11.1. The molecule has 23 heavy (non-hydrogen) atoms. The summed E-state index contributed by atoms with van der Waals surface area (Å²) in [6.07, 6.45) is 0. The van der Waals surface area contributed by atoms with Crippen LogP contribution in [0.25, 0.3) is 0 Å². The Morgan fingerprint density at radius 2 is 1.78 bits per heavy atom. The van der Waals surface area contributed by atoms with Crippen molar-refractivity contribution in [1.82, 2.24) is 5.32 Å². The predicted octanol–water partition coefficient (Wildman–Crippen LogP) is 1.45. The average Bonchev–Trinajstić information content (AvgIpc) is 2.64. The Bertz CT molecular complexity index is 631. The molecule has 1 saturated heterocycles. The van der Waals surface area contributed by atoms with E-state index in [0.29, 0.717) is 5.46 Å². The van der Waals surface area contributed by atoms with Crippen LogP contribution in [0.1, 0.15) is 38.1 Å². The van der Waals surface area contributed by atoms with Crippen molar-refractivity contribution in [3.8, 4) is 0 Å². The number of carboxylic acid groups (broad SMARTS) is 1. The first-order valence-electron chi connectivity index (χ1n) is 7.18. The maximum atomic E-state index is 11.9. The average molecular weight is 340 g/mol. The van der Waals surface area contributed by atoms with E-state index in [1.165, 1.54) is 6.07 Å². The molecule has 6 nitrogen and oxygen atoms in total. The summed E-state index contributed by atoms with van der Waals surface area (Å²) in [5.74, 6) is -1.67. The minimum Gasteiger partial charge on any atom is -0.480 e. The number of rotatable bonds is 4. The van der Waals surface area contributed by atoms with Crippen molar-refractivity contribution >= 4 is 36.1 Å². The molecule has 0 bridgehead atoms. The SMILES string of the molecule is CC1(C)OB(c2ccc(C(=O)NCC(=O)O)c(Cl)c2)OC1(C)C. The van der Waals surface area contributed by atoms with Gasteiger partial charge in [0.05, 0.1) is 21.8 Å². The van der Waals surface area contributed by atoms with E-state index in [-0.39, 0.29) is 10.6 Å². The van der Waals surface area contributed by atoms with Crippen molar-refractivity contribution in [2.45, 2.75) is 38.9 Å². The van der Waals surface area contributed by atoms with Crippen molar-refractivity contribution in [2.75, 3.05) is 6.54 Å². The molecule has 1 amide bonds. The van der Waals surface area contributed by atoms with E-state index in [1.54, 1.807) is 12.1 Å². The number of aliphatic carboxylic acids is 1. The topological polar surface area (TPSA) is 84.9 Å². The number of hydrogen-bond donors (Lipinski definition) is 2. The zero-order chi connectivity index (χ0) is 17.4. The number of carbonyl (C=O) groups excluding carboxylic acids is 1. The van der Waals surface area contributed by atoms with E-state index in [2.05, 4.69) is 5.32 Å². The van der Waals surface area contributed by atoms with Crippen molar-refractivity contribution in [3.63, 3.8) is 0 Å². The molecule has 1 aromatic rings. The van der Waals surface area contributed by atoms with Crippen LogP contribution < -0.4 is 10.8 Å². The Balaban J connectivity index is 2.17.